The highest BCUT2D eigenvalue weighted by Crippen LogP contribution is 2.28. The minimum atomic E-state index is -0.583. The number of unbranched alkanes of at least 4 members (excludes halogenated alkanes) is 3. The molecule has 0 saturated carbocycles. The first kappa shape index (κ1) is 30.3. The van der Waals surface area contributed by atoms with E-state index in [0.717, 1.165) is 49.4 Å². The number of aryl methyl sites for hydroxylation is 1. The van der Waals surface area contributed by atoms with Crippen molar-refractivity contribution in [3.8, 4) is 0 Å². The monoisotopic (exact) mass is 515 g/mol. The molecule has 2 aromatic heterocycles. The highest BCUT2D eigenvalue weighted by molar-refractivity contribution is 5.87. The van der Waals surface area contributed by atoms with Crippen LogP contribution in [-0.4, -0.2) is 39.1 Å². The molecule has 0 spiro atoms. The number of ether oxygens (including phenoxy) is 2. The third-order valence-electron chi connectivity index (χ3n) is 5.98. The number of nitrogens with one attached hydrogen (secondary N) is 1. The first-order valence-corrected chi connectivity index (χ1v) is 13.2. The second kappa shape index (κ2) is 12.1. The van der Waals surface area contributed by atoms with Gasteiger partial charge in [0.25, 0.3) is 0 Å². The van der Waals surface area contributed by atoms with Crippen LogP contribution in [0.25, 0.3) is 11.0 Å². The number of pyridine rings is 1. The van der Waals surface area contributed by atoms with Crippen molar-refractivity contribution in [2.45, 2.75) is 118 Å². The number of esters is 1. The van der Waals surface area contributed by atoms with Gasteiger partial charge in [-0.2, -0.15) is 0 Å². The molecule has 0 aliphatic rings. The molecule has 2 rings (SSSR count). The Morgan fingerprint density at radius 1 is 0.973 bits per heavy atom. The Hall–Kier alpha value is -2.90. The van der Waals surface area contributed by atoms with Crippen molar-refractivity contribution in [1.82, 2.24) is 14.9 Å². The van der Waals surface area contributed by atoms with Crippen molar-refractivity contribution in [3.05, 3.63) is 29.6 Å². The lowest BCUT2D eigenvalue weighted by molar-refractivity contribution is -0.166. The fourth-order valence-corrected chi connectivity index (χ4v) is 4.00. The molecule has 37 heavy (non-hydrogen) atoms. The van der Waals surface area contributed by atoms with Crippen LogP contribution < -0.4 is 5.32 Å². The van der Waals surface area contributed by atoms with Crippen molar-refractivity contribution in [2.75, 3.05) is 0 Å². The molecule has 8 heteroatoms. The zero-order valence-corrected chi connectivity index (χ0v) is 24.1. The van der Waals surface area contributed by atoms with Gasteiger partial charge in [0.1, 0.15) is 16.8 Å². The maximum absolute atomic E-state index is 12.5. The molecule has 0 aliphatic heterocycles. The van der Waals surface area contributed by atoms with Crippen molar-refractivity contribution in [3.63, 3.8) is 0 Å². The minimum Gasteiger partial charge on any atom is -0.460 e. The predicted octanol–water partition coefficient (Wildman–Crippen LogP) is 6.75. The lowest BCUT2D eigenvalue weighted by atomic mass is 9.86. The molecule has 2 heterocycles. The van der Waals surface area contributed by atoms with E-state index in [1.165, 1.54) is 0 Å². The Morgan fingerprint density at radius 2 is 1.59 bits per heavy atom. The summed E-state index contributed by atoms with van der Waals surface area (Å²) in [6.07, 6.45) is 4.88. The topological polar surface area (TPSA) is 99.5 Å². The lowest BCUT2D eigenvalue weighted by Gasteiger charge is -2.28. The van der Waals surface area contributed by atoms with E-state index in [0.29, 0.717) is 17.9 Å². The van der Waals surface area contributed by atoms with Gasteiger partial charge >= 0.3 is 12.1 Å². The third-order valence-corrected chi connectivity index (χ3v) is 5.98. The molecule has 0 aliphatic carbocycles. The molecule has 0 saturated heterocycles. The number of alkyl carbamates (subject to hydrolysis) is 1. The maximum atomic E-state index is 12.5. The Labute approximate surface area is 221 Å². The number of rotatable bonds is 11. The SMILES string of the molecule is CC(NC(=O)OC(C)(C)C)c1ccc2cc(C=O)n(CCCCCCC(C)(C)C(=O)OC(C)(C)C)c2n1. The molecule has 0 radical (unpaired) electrons. The summed E-state index contributed by atoms with van der Waals surface area (Å²) in [5.41, 5.74) is 0.419. The first-order valence-electron chi connectivity index (χ1n) is 13.2. The summed E-state index contributed by atoms with van der Waals surface area (Å²) in [6, 6.07) is 5.27. The van der Waals surface area contributed by atoms with Crippen LogP contribution in [0.5, 0.6) is 0 Å². The van der Waals surface area contributed by atoms with Crippen molar-refractivity contribution < 1.29 is 23.9 Å². The zero-order chi connectivity index (χ0) is 28.0. The normalized spacial score (nSPS) is 13.3. The van der Waals surface area contributed by atoms with E-state index in [-0.39, 0.29) is 12.0 Å². The van der Waals surface area contributed by atoms with E-state index in [9.17, 15) is 14.4 Å². The van der Waals surface area contributed by atoms with Crippen LogP contribution in [0, 0.1) is 5.41 Å². The number of nitrogens with zero attached hydrogens (tertiary/aromatic N) is 2. The maximum Gasteiger partial charge on any atom is 0.408 e. The summed E-state index contributed by atoms with van der Waals surface area (Å²) in [4.78, 5) is 41.1. The van der Waals surface area contributed by atoms with Gasteiger partial charge in [-0.1, -0.05) is 19.3 Å². The molecule has 1 amide bonds. The highest BCUT2D eigenvalue weighted by Gasteiger charge is 2.31. The standard InChI is InChI=1S/C29H45N3O5/c1-20(30-26(35)37-28(5,6)7)23-15-14-21-18-22(19-33)32(24(21)31-23)17-13-11-10-12-16-29(8,9)25(34)36-27(2,3)4/h14-15,18-20H,10-13,16-17H2,1-9H3,(H,30,35). The summed E-state index contributed by atoms with van der Waals surface area (Å²) in [5, 5.41) is 3.70. The number of aromatic nitrogens is 2. The van der Waals surface area contributed by atoms with Gasteiger partial charge in [-0.3, -0.25) is 9.59 Å². The molecule has 1 atom stereocenters. The number of carbonyl (C=O) groups is 3. The van der Waals surface area contributed by atoms with Crippen LogP contribution in [-0.2, 0) is 20.8 Å². The quantitative estimate of drug-likeness (QED) is 0.202. The lowest BCUT2D eigenvalue weighted by Crippen LogP contribution is -2.34. The Bertz CT molecular complexity index is 1090. The number of carbonyl (C=O) groups excluding carboxylic acids is 3. The van der Waals surface area contributed by atoms with Gasteiger partial charge in [0, 0.05) is 11.9 Å². The first-order chi connectivity index (χ1) is 17.0. The van der Waals surface area contributed by atoms with Crippen LogP contribution >= 0.6 is 0 Å². The smallest absolute Gasteiger partial charge is 0.408 e. The molecule has 0 aromatic carbocycles. The summed E-state index contributed by atoms with van der Waals surface area (Å²) < 4.78 is 12.8. The summed E-state index contributed by atoms with van der Waals surface area (Å²) in [5.74, 6) is -0.160. The van der Waals surface area contributed by atoms with E-state index >= 15 is 0 Å². The number of amides is 1. The van der Waals surface area contributed by atoms with E-state index in [4.69, 9.17) is 14.5 Å². The van der Waals surface area contributed by atoms with Crippen LogP contribution in [0.4, 0.5) is 4.79 Å². The number of aldehydes is 1. The molecule has 1 N–H and O–H groups in total. The molecular weight excluding hydrogens is 470 g/mol. The van der Waals surface area contributed by atoms with Gasteiger partial charge in [-0.05, 0) is 93.4 Å². The van der Waals surface area contributed by atoms with E-state index < -0.39 is 22.7 Å². The van der Waals surface area contributed by atoms with Gasteiger partial charge in [-0.15, -0.1) is 0 Å². The largest absolute Gasteiger partial charge is 0.460 e. The Morgan fingerprint density at radius 3 is 2.19 bits per heavy atom. The van der Waals surface area contributed by atoms with Gasteiger partial charge in [0.15, 0.2) is 6.29 Å². The Balaban J connectivity index is 1.97. The zero-order valence-electron chi connectivity index (χ0n) is 24.1. The molecule has 0 bridgehead atoms. The molecule has 2 aromatic rings. The van der Waals surface area contributed by atoms with Crippen LogP contribution in [0.1, 0.15) is 117 Å². The van der Waals surface area contributed by atoms with E-state index in [2.05, 4.69) is 5.32 Å². The van der Waals surface area contributed by atoms with Crippen molar-refractivity contribution in [2.24, 2.45) is 5.41 Å². The highest BCUT2D eigenvalue weighted by atomic mass is 16.6. The molecule has 8 nitrogen and oxygen atoms in total. The second-order valence-electron chi connectivity index (χ2n) is 12.4. The molecular formula is C29H45N3O5. The van der Waals surface area contributed by atoms with E-state index in [1.54, 1.807) is 0 Å². The summed E-state index contributed by atoms with van der Waals surface area (Å²) in [6.45, 7) is 17.5. The van der Waals surface area contributed by atoms with E-state index in [1.807, 2.05) is 85.1 Å². The van der Waals surface area contributed by atoms with Crippen LogP contribution in [0.3, 0.4) is 0 Å². The number of fused-ring (bicyclic) bond motifs is 1. The Kier molecular flexibility index (Phi) is 9.91. The second-order valence-corrected chi connectivity index (χ2v) is 12.4. The average molecular weight is 516 g/mol. The van der Waals surface area contributed by atoms with Gasteiger partial charge in [-0.25, -0.2) is 9.78 Å². The number of hydrogen-bond acceptors (Lipinski definition) is 6. The predicted molar refractivity (Wildman–Crippen MR) is 146 cm³/mol. The minimum absolute atomic E-state index is 0.160. The van der Waals surface area contributed by atoms with Crippen LogP contribution in [0.2, 0.25) is 0 Å². The van der Waals surface area contributed by atoms with Gasteiger partial charge in [0.05, 0.1) is 22.8 Å². The van der Waals surface area contributed by atoms with Crippen LogP contribution in [0.15, 0.2) is 18.2 Å². The number of hydrogen-bond donors (Lipinski definition) is 1. The summed E-state index contributed by atoms with van der Waals surface area (Å²) in [7, 11) is 0. The fourth-order valence-electron chi connectivity index (χ4n) is 4.00. The van der Waals surface area contributed by atoms with Crippen molar-refractivity contribution in [1.29, 1.82) is 0 Å². The molecule has 206 valence electrons. The van der Waals surface area contributed by atoms with Gasteiger partial charge in [0.2, 0.25) is 0 Å². The third kappa shape index (κ3) is 9.48. The van der Waals surface area contributed by atoms with Crippen molar-refractivity contribution >= 4 is 29.4 Å². The summed E-state index contributed by atoms with van der Waals surface area (Å²) >= 11 is 0. The van der Waals surface area contributed by atoms with Gasteiger partial charge < -0.3 is 19.4 Å². The molecule has 0 fully saturated rings. The molecule has 1 unspecified atom stereocenters. The fraction of sp³-hybridized carbons (Fsp3) is 0.655. The average Bonchev–Trinajstić information content (AvgIpc) is 3.10.